The number of carbonyl (C=O) groups is 2. The fourth-order valence-corrected chi connectivity index (χ4v) is 1.60. The Hall–Kier alpha value is -1.22. The van der Waals surface area contributed by atoms with Crippen LogP contribution in [0, 0.1) is 0 Å². The second-order valence-corrected chi connectivity index (χ2v) is 5.08. The molecule has 8 heteroatoms. The van der Waals surface area contributed by atoms with Gasteiger partial charge in [-0.25, -0.2) is 0 Å². The summed E-state index contributed by atoms with van der Waals surface area (Å²) in [6.07, 6.45) is 3.52. The van der Waals surface area contributed by atoms with Crippen LogP contribution in [0.2, 0.25) is 0 Å². The van der Waals surface area contributed by atoms with Crippen molar-refractivity contribution in [2.24, 2.45) is 0 Å². The Kier molecular flexibility index (Phi) is 8.41. The first-order valence-electron chi connectivity index (χ1n) is 6.83. The number of hydrogen-bond acceptors (Lipinski definition) is 8. The number of esters is 2. The maximum atomic E-state index is 11.1. The summed E-state index contributed by atoms with van der Waals surface area (Å²) in [5.41, 5.74) is 0. The lowest BCUT2D eigenvalue weighted by Crippen LogP contribution is -2.30. The molecule has 0 rings (SSSR count). The smallest absolute Gasteiger partial charge is 0.321 e. The Bertz CT molecular complexity index is 294. The maximum absolute atomic E-state index is 11.1. The van der Waals surface area contributed by atoms with E-state index in [1.165, 1.54) is 0 Å². The molecule has 0 aliphatic heterocycles. The summed E-state index contributed by atoms with van der Waals surface area (Å²) in [5, 5.41) is 35.3. The molecule has 0 aromatic rings. The van der Waals surface area contributed by atoms with Crippen LogP contribution in [-0.4, -0.2) is 44.3 Å². The van der Waals surface area contributed by atoms with E-state index >= 15 is 0 Å². The second-order valence-electron chi connectivity index (χ2n) is 5.08. The van der Waals surface area contributed by atoms with Crippen LogP contribution in [0.5, 0.6) is 0 Å². The van der Waals surface area contributed by atoms with Crippen molar-refractivity contribution in [3.8, 4) is 0 Å². The number of ether oxygens (including phenoxy) is 2. The third kappa shape index (κ3) is 15.0. The monoisotopic (exact) mass is 308 g/mol. The van der Waals surface area contributed by atoms with Gasteiger partial charge in [-0.2, -0.15) is 0 Å². The van der Waals surface area contributed by atoms with Crippen LogP contribution in [0.25, 0.3) is 0 Å². The highest BCUT2D eigenvalue weighted by Gasteiger charge is 2.21. The molecule has 0 aromatic heterocycles. The number of aliphatic hydroxyl groups is 4. The number of rotatable bonds is 10. The van der Waals surface area contributed by atoms with E-state index in [1.54, 1.807) is 0 Å². The predicted molar refractivity (Wildman–Crippen MR) is 70.2 cm³/mol. The molecule has 0 spiro atoms. The van der Waals surface area contributed by atoms with Crippen LogP contribution in [0.4, 0.5) is 0 Å². The summed E-state index contributed by atoms with van der Waals surface area (Å²) >= 11 is 0. The highest BCUT2D eigenvalue weighted by Crippen LogP contribution is 2.11. The van der Waals surface area contributed by atoms with E-state index in [0.717, 1.165) is 33.1 Å². The molecular formula is C13H24O8. The topological polar surface area (TPSA) is 134 Å². The summed E-state index contributed by atoms with van der Waals surface area (Å²) in [5.74, 6) is -6.25. The molecule has 0 heterocycles. The van der Waals surface area contributed by atoms with E-state index in [9.17, 15) is 9.59 Å². The summed E-state index contributed by atoms with van der Waals surface area (Å²) in [6.45, 7) is 1.90. The predicted octanol–water partition coefficient (Wildman–Crippen LogP) is 0.120. The highest BCUT2D eigenvalue weighted by molar-refractivity contribution is 5.69. The van der Waals surface area contributed by atoms with Gasteiger partial charge in [0.25, 0.3) is 0 Å². The molecule has 0 atom stereocenters. The van der Waals surface area contributed by atoms with Crippen LogP contribution >= 0.6 is 0 Å². The first-order chi connectivity index (χ1) is 9.49. The molecule has 0 bridgehead atoms. The quantitative estimate of drug-likeness (QED) is 0.254. The molecule has 4 N–H and O–H groups in total. The van der Waals surface area contributed by atoms with E-state index in [2.05, 4.69) is 9.47 Å². The fraction of sp³-hybridized carbons (Fsp3) is 0.846. The third-order valence-electron chi connectivity index (χ3n) is 2.38. The molecule has 0 fully saturated rings. The van der Waals surface area contributed by atoms with Crippen molar-refractivity contribution in [2.45, 2.75) is 70.7 Å². The summed E-state index contributed by atoms with van der Waals surface area (Å²) < 4.78 is 8.61. The Morgan fingerprint density at radius 3 is 1.29 bits per heavy atom. The highest BCUT2D eigenvalue weighted by atomic mass is 16.8. The lowest BCUT2D eigenvalue weighted by molar-refractivity contribution is -0.308. The van der Waals surface area contributed by atoms with E-state index in [1.807, 2.05) is 0 Å². The minimum atomic E-state index is -2.44. The van der Waals surface area contributed by atoms with Crippen LogP contribution in [0.15, 0.2) is 0 Å². The zero-order valence-electron chi connectivity index (χ0n) is 12.4. The Morgan fingerprint density at radius 1 is 0.714 bits per heavy atom. The Labute approximate surface area is 123 Å². The van der Waals surface area contributed by atoms with Gasteiger partial charge in [-0.05, 0) is 12.8 Å². The van der Waals surface area contributed by atoms with Gasteiger partial charge in [0.15, 0.2) is 0 Å². The summed E-state index contributed by atoms with van der Waals surface area (Å²) in [4.78, 5) is 22.2. The van der Waals surface area contributed by atoms with Gasteiger partial charge in [0.05, 0.1) is 0 Å². The first-order valence-corrected chi connectivity index (χ1v) is 6.83. The number of unbranched alkanes of at least 4 members (excludes halogenated alkanes) is 4. The van der Waals surface area contributed by atoms with E-state index in [0.29, 0.717) is 12.8 Å². The molecule has 8 nitrogen and oxygen atoms in total. The zero-order chi connectivity index (χ0) is 16.5. The van der Waals surface area contributed by atoms with Gasteiger partial charge in [-0.15, -0.1) is 0 Å². The number of hydrogen-bond donors (Lipinski definition) is 4. The average Bonchev–Trinajstić information content (AvgIpc) is 2.22. The lowest BCUT2D eigenvalue weighted by atomic mass is 10.1. The fourth-order valence-electron chi connectivity index (χ4n) is 1.60. The van der Waals surface area contributed by atoms with Gasteiger partial charge in [0.2, 0.25) is 0 Å². The van der Waals surface area contributed by atoms with Crippen molar-refractivity contribution in [1.82, 2.24) is 0 Å². The zero-order valence-corrected chi connectivity index (χ0v) is 12.4. The van der Waals surface area contributed by atoms with Crippen molar-refractivity contribution < 1.29 is 39.5 Å². The standard InChI is InChI=1S/C13H24O8/c1-12(16,17)20-10(14)8-6-4-3-5-7-9-11(15)21-13(2,18)19/h16-19H,3-9H2,1-2H3. The van der Waals surface area contributed by atoms with Crippen molar-refractivity contribution in [3.63, 3.8) is 0 Å². The van der Waals surface area contributed by atoms with E-state index in [4.69, 9.17) is 20.4 Å². The van der Waals surface area contributed by atoms with Crippen LogP contribution in [0.3, 0.4) is 0 Å². The number of carbonyl (C=O) groups excluding carboxylic acids is 2. The molecule has 0 aliphatic rings. The molecule has 0 aromatic carbocycles. The van der Waals surface area contributed by atoms with Gasteiger partial charge in [0, 0.05) is 26.7 Å². The molecule has 0 saturated carbocycles. The van der Waals surface area contributed by atoms with E-state index < -0.39 is 23.9 Å². The summed E-state index contributed by atoms with van der Waals surface area (Å²) in [7, 11) is 0. The minimum absolute atomic E-state index is 0.0894. The van der Waals surface area contributed by atoms with Gasteiger partial charge < -0.3 is 29.9 Å². The van der Waals surface area contributed by atoms with E-state index in [-0.39, 0.29) is 12.8 Å². The molecule has 0 saturated heterocycles. The molecule has 124 valence electrons. The molecule has 0 amide bonds. The van der Waals surface area contributed by atoms with Gasteiger partial charge in [-0.1, -0.05) is 19.3 Å². The van der Waals surface area contributed by atoms with Crippen LogP contribution in [-0.2, 0) is 19.1 Å². The second kappa shape index (κ2) is 8.93. The van der Waals surface area contributed by atoms with Crippen molar-refractivity contribution in [3.05, 3.63) is 0 Å². The molecular weight excluding hydrogens is 284 g/mol. The summed E-state index contributed by atoms with van der Waals surface area (Å²) in [6, 6.07) is 0. The van der Waals surface area contributed by atoms with Crippen molar-refractivity contribution in [2.75, 3.05) is 0 Å². The van der Waals surface area contributed by atoms with Gasteiger partial charge in [-0.3, -0.25) is 9.59 Å². The maximum Gasteiger partial charge on any atom is 0.321 e. The van der Waals surface area contributed by atoms with Crippen molar-refractivity contribution in [1.29, 1.82) is 0 Å². The molecule has 0 unspecified atom stereocenters. The largest absolute Gasteiger partial charge is 0.408 e. The minimum Gasteiger partial charge on any atom is -0.408 e. The molecule has 0 aliphatic carbocycles. The SMILES string of the molecule is CC(O)(O)OC(=O)CCCCCCCC(=O)OC(C)(O)O. The van der Waals surface area contributed by atoms with Crippen molar-refractivity contribution >= 4 is 11.9 Å². The lowest BCUT2D eigenvalue weighted by Gasteiger charge is -2.16. The Morgan fingerprint density at radius 2 is 1.00 bits per heavy atom. The van der Waals surface area contributed by atoms with Crippen LogP contribution in [0.1, 0.15) is 58.8 Å². The first kappa shape index (κ1) is 19.8. The third-order valence-corrected chi connectivity index (χ3v) is 2.38. The van der Waals surface area contributed by atoms with Crippen LogP contribution < -0.4 is 0 Å². The normalized spacial score (nSPS) is 12.1. The average molecular weight is 308 g/mol. The van der Waals surface area contributed by atoms with Gasteiger partial charge >= 0.3 is 23.9 Å². The molecule has 21 heavy (non-hydrogen) atoms. The Balaban J connectivity index is 3.49. The molecule has 0 radical (unpaired) electrons. The van der Waals surface area contributed by atoms with Gasteiger partial charge in [0.1, 0.15) is 0 Å².